The van der Waals surface area contributed by atoms with Crippen LogP contribution in [0.15, 0.2) is 42.7 Å². The first-order valence-corrected chi connectivity index (χ1v) is 11.6. The number of halogens is 3. The molecular formula is C24H20Cl2FN5O2. The second-order valence-electron chi connectivity index (χ2n) is 8.92. The standard InChI is InChI=1S/C24H20Cl2FN5O2/c1-13(20-17(25)8-29-23(27)21(20)26)34-15-3-4-18-16(6-15)22(31-30-18)14-2-5-19(28-7-14)32-9-24(10-32)11-33-12-24/h2-8,13H,9-12H2,1H3,(H,30,31)/t13-/m1/s1. The molecule has 2 fully saturated rings. The smallest absolute Gasteiger partial charge is 0.232 e. The Morgan fingerprint density at radius 3 is 2.68 bits per heavy atom. The highest BCUT2D eigenvalue weighted by molar-refractivity contribution is 6.35. The molecule has 0 unspecified atom stereocenters. The van der Waals surface area contributed by atoms with E-state index >= 15 is 0 Å². The van der Waals surface area contributed by atoms with Gasteiger partial charge in [0, 0.05) is 42.0 Å². The second-order valence-corrected chi connectivity index (χ2v) is 9.70. The van der Waals surface area contributed by atoms with Gasteiger partial charge in [0.05, 0.1) is 29.2 Å². The fraction of sp³-hybridized carbons (Fsp3) is 0.292. The van der Waals surface area contributed by atoms with Gasteiger partial charge in [-0.3, -0.25) is 5.10 Å². The first-order valence-electron chi connectivity index (χ1n) is 10.9. The molecule has 174 valence electrons. The van der Waals surface area contributed by atoms with E-state index in [2.05, 4.69) is 25.1 Å². The summed E-state index contributed by atoms with van der Waals surface area (Å²) in [7, 11) is 0. The predicted molar refractivity (Wildman–Crippen MR) is 128 cm³/mol. The number of nitrogens with zero attached hydrogens (tertiary/aromatic N) is 4. The van der Waals surface area contributed by atoms with Crippen LogP contribution in [0, 0.1) is 11.4 Å². The third-order valence-electron chi connectivity index (χ3n) is 6.43. The van der Waals surface area contributed by atoms with E-state index in [9.17, 15) is 4.39 Å². The summed E-state index contributed by atoms with van der Waals surface area (Å²) in [6.07, 6.45) is 2.47. The number of anilines is 1. The molecule has 10 heteroatoms. The molecule has 1 spiro atoms. The Morgan fingerprint density at radius 1 is 1.15 bits per heavy atom. The van der Waals surface area contributed by atoms with Crippen molar-refractivity contribution in [3.05, 3.63) is 64.3 Å². The Bertz CT molecular complexity index is 1380. The first kappa shape index (κ1) is 21.6. The van der Waals surface area contributed by atoms with Gasteiger partial charge in [-0.15, -0.1) is 0 Å². The van der Waals surface area contributed by atoms with Gasteiger partial charge in [-0.25, -0.2) is 9.97 Å². The Balaban J connectivity index is 1.24. The lowest BCUT2D eigenvalue weighted by atomic mass is 9.78. The average Bonchev–Trinajstić information content (AvgIpc) is 3.18. The van der Waals surface area contributed by atoms with E-state index < -0.39 is 12.1 Å². The van der Waals surface area contributed by atoms with Crippen LogP contribution in [0.2, 0.25) is 10.0 Å². The summed E-state index contributed by atoms with van der Waals surface area (Å²) in [5.41, 5.74) is 3.21. The van der Waals surface area contributed by atoms with Crippen molar-refractivity contribution >= 4 is 39.9 Å². The predicted octanol–water partition coefficient (Wildman–Crippen LogP) is 5.44. The monoisotopic (exact) mass is 499 g/mol. The van der Waals surface area contributed by atoms with Crippen LogP contribution in [0.3, 0.4) is 0 Å². The fourth-order valence-electron chi connectivity index (χ4n) is 4.59. The van der Waals surface area contributed by atoms with Gasteiger partial charge in [0.15, 0.2) is 0 Å². The molecule has 0 amide bonds. The molecule has 7 nitrogen and oxygen atoms in total. The Morgan fingerprint density at radius 2 is 1.97 bits per heavy atom. The highest BCUT2D eigenvalue weighted by Crippen LogP contribution is 2.40. The summed E-state index contributed by atoms with van der Waals surface area (Å²) in [4.78, 5) is 10.5. The molecule has 34 heavy (non-hydrogen) atoms. The number of H-pyrrole nitrogens is 1. The summed E-state index contributed by atoms with van der Waals surface area (Å²) in [6.45, 7) is 5.42. The number of hydrogen-bond donors (Lipinski definition) is 1. The number of aromatic amines is 1. The van der Waals surface area contributed by atoms with Gasteiger partial charge in [-0.05, 0) is 37.3 Å². The SMILES string of the molecule is C[C@@H](Oc1ccc2[nH]nc(-c3ccc(N4CC5(COC5)C4)nc3)c2c1)c1c(Cl)cnc(F)c1Cl. The molecule has 0 saturated carbocycles. The van der Waals surface area contributed by atoms with Crippen molar-refractivity contribution in [3.8, 4) is 17.0 Å². The van der Waals surface area contributed by atoms with Crippen LogP contribution >= 0.6 is 23.2 Å². The van der Waals surface area contributed by atoms with Crippen LogP contribution in [0.5, 0.6) is 5.75 Å². The number of hydrogen-bond acceptors (Lipinski definition) is 6. The van der Waals surface area contributed by atoms with Crippen molar-refractivity contribution in [1.29, 1.82) is 0 Å². The zero-order valence-electron chi connectivity index (χ0n) is 18.2. The molecule has 2 saturated heterocycles. The molecule has 2 aliphatic heterocycles. The van der Waals surface area contributed by atoms with Crippen LogP contribution in [0.1, 0.15) is 18.6 Å². The highest BCUT2D eigenvalue weighted by Gasteiger charge is 2.49. The van der Waals surface area contributed by atoms with Gasteiger partial charge in [0.25, 0.3) is 0 Å². The molecule has 5 heterocycles. The van der Waals surface area contributed by atoms with Gasteiger partial charge in [0.2, 0.25) is 5.95 Å². The lowest BCUT2D eigenvalue weighted by Crippen LogP contribution is -2.66. The van der Waals surface area contributed by atoms with Crippen molar-refractivity contribution in [2.24, 2.45) is 5.41 Å². The first-order chi connectivity index (χ1) is 16.4. The third kappa shape index (κ3) is 3.57. The summed E-state index contributed by atoms with van der Waals surface area (Å²) in [5.74, 6) is 0.747. The van der Waals surface area contributed by atoms with Crippen LogP contribution < -0.4 is 9.64 Å². The molecule has 0 aliphatic carbocycles. The quantitative estimate of drug-likeness (QED) is 0.368. The number of aromatic nitrogens is 4. The largest absolute Gasteiger partial charge is 0.486 e. The van der Waals surface area contributed by atoms with Crippen LogP contribution in [0.4, 0.5) is 10.2 Å². The van der Waals surface area contributed by atoms with Crippen molar-refractivity contribution in [1.82, 2.24) is 20.2 Å². The van der Waals surface area contributed by atoms with E-state index in [0.717, 1.165) is 54.3 Å². The number of benzene rings is 1. The molecule has 2 aliphatic rings. The minimum Gasteiger partial charge on any atom is -0.486 e. The number of nitrogens with one attached hydrogen (secondary N) is 1. The van der Waals surface area contributed by atoms with Gasteiger partial charge < -0.3 is 14.4 Å². The maximum Gasteiger partial charge on any atom is 0.232 e. The maximum absolute atomic E-state index is 13.8. The van der Waals surface area contributed by atoms with Gasteiger partial charge in [-0.1, -0.05) is 23.2 Å². The second kappa shape index (κ2) is 8.08. The van der Waals surface area contributed by atoms with Crippen LogP contribution in [-0.4, -0.2) is 46.5 Å². The summed E-state index contributed by atoms with van der Waals surface area (Å²) >= 11 is 12.3. The normalized spacial score (nSPS) is 17.5. The fourth-order valence-corrected chi connectivity index (χ4v) is 5.24. The Hall–Kier alpha value is -2.94. The molecular weight excluding hydrogens is 480 g/mol. The Kier molecular flexibility index (Phi) is 5.13. The number of ether oxygens (including phenoxy) is 2. The van der Waals surface area contributed by atoms with Crippen molar-refractivity contribution < 1.29 is 13.9 Å². The van der Waals surface area contributed by atoms with E-state index in [1.807, 2.05) is 36.5 Å². The lowest BCUT2D eigenvalue weighted by Gasteiger charge is -2.55. The van der Waals surface area contributed by atoms with Gasteiger partial charge in [0.1, 0.15) is 28.4 Å². The molecule has 6 rings (SSSR count). The summed E-state index contributed by atoms with van der Waals surface area (Å²) in [5, 5.41) is 8.52. The number of fused-ring (bicyclic) bond motifs is 1. The van der Waals surface area contributed by atoms with E-state index in [4.69, 9.17) is 32.7 Å². The molecule has 3 aromatic heterocycles. The number of pyridine rings is 2. The van der Waals surface area contributed by atoms with E-state index in [0.29, 0.717) is 16.7 Å². The topological polar surface area (TPSA) is 76.2 Å². The zero-order chi connectivity index (χ0) is 23.4. The summed E-state index contributed by atoms with van der Waals surface area (Å²) in [6, 6.07) is 9.62. The third-order valence-corrected chi connectivity index (χ3v) is 7.09. The highest BCUT2D eigenvalue weighted by atomic mass is 35.5. The maximum atomic E-state index is 13.8. The molecule has 1 atom stereocenters. The summed E-state index contributed by atoms with van der Waals surface area (Å²) < 4.78 is 25.2. The molecule has 0 bridgehead atoms. The molecule has 4 aromatic rings. The lowest BCUT2D eigenvalue weighted by molar-refractivity contribution is -0.127. The minimum absolute atomic E-state index is 0.144. The van der Waals surface area contributed by atoms with Crippen molar-refractivity contribution in [3.63, 3.8) is 0 Å². The van der Waals surface area contributed by atoms with Gasteiger partial charge in [-0.2, -0.15) is 9.49 Å². The number of rotatable bonds is 5. The molecule has 1 N–H and O–H groups in total. The van der Waals surface area contributed by atoms with Crippen LogP contribution in [-0.2, 0) is 4.74 Å². The van der Waals surface area contributed by atoms with Crippen molar-refractivity contribution in [2.75, 3.05) is 31.2 Å². The zero-order valence-corrected chi connectivity index (χ0v) is 19.7. The molecule has 0 radical (unpaired) electrons. The van der Waals surface area contributed by atoms with E-state index in [1.165, 1.54) is 6.20 Å². The molecule has 1 aromatic carbocycles. The minimum atomic E-state index is -0.783. The average molecular weight is 500 g/mol. The van der Waals surface area contributed by atoms with E-state index in [1.54, 1.807) is 6.92 Å². The Labute approximate surface area is 204 Å². The van der Waals surface area contributed by atoms with E-state index in [-0.39, 0.29) is 10.0 Å². The van der Waals surface area contributed by atoms with Crippen LogP contribution in [0.25, 0.3) is 22.2 Å². The van der Waals surface area contributed by atoms with Gasteiger partial charge >= 0.3 is 0 Å². The van der Waals surface area contributed by atoms with Crippen molar-refractivity contribution in [2.45, 2.75) is 13.0 Å².